The van der Waals surface area contributed by atoms with Gasteiger partial charge in [0.15, 0.2) is 0 Å². The fraction of sp³-hybridized carbons (Fsp3) is 0.222. The van der Waals surface area contributed by atoms with Crippen LogP contribution in [0.2, 0.25) is 0 Å². The van der Waals surface area contributed by atoms with Crippen LogP contribution in [0, 0.1) is 19.7 Å². The van der Waals surface area contributed by atoms with Crippen LogP contribution in [-0.2, 0) is 4.79 Å². The predicted octanol–water partition coefficient (Wildman–Crippen LogP) is 3.18. The molecule has 0 fully saturated rings. The summed E-state index contributed by atoms with van der Waals surface area (Å²) in [6, 6.07) is 10.6. The fourth-order valence-corrected chi connectivity index (χ4v) is 2.50. The van der Waals surface area contributed by atoms with E-state index in [1.54, 1.807) is 13.0 Å². The third-order valence-corrected chi connectivity index (χ3v) is 3.67. The number of aryl methyl sites for hydroxylation is 2. The summed E-state index contributed by atoms with van der Waals surface area (Å²) >= 11 is 0. The first kappa shape index (κ1) is 17.5. The molecule has 0 aromatic heterocycles. The Kier molecular flexibility index (Phi) is 5.52. The molecule has 126 valence electrons. The summed E-state index contributed by atoms with van der Waals surface area (Å²) in [7, 11) is 0. The number of benzene rings is 2. The number of halogens is 1. The molecular weight excluding hydrogens is 309 g/mol. The van der Waals surface area contributed by atoms with E-state index in [2.05, 4.69) is 10.6 Å². The first-order valence-corrected chi connectivity index (χ1v) is 7.54. The van der Waals surface area contributed by atoms with Gasteiger partial charge in [0.05, 0.1) is 18.2 Å². The normalized spacial score (nSPS) is 11.6. The highest BCUT2D eigenvalue weighted by atomic mass is 19.1. The zero-order valence-corrected chi connectivity index (χ0v) is 13.6. The average Bonchev–Trinajstić information content (AvgIpc) is 2.49. The van der Waals surface area contributed by atoms with Gasteiger partial charge in [-0.15, -0.1) is 0 Å². The molecule has 3 amide bonds. The first-order chi connectivity index (χ1) is 11.4. The van der Waals surface area contributed by atoms with Gasteiger partial charge in [0.25, 0.3) is 0 Å². The van der Waals surface area contributed by atoms with Gasteiger partial charge in [0.1, 0.15) is 5.82 Å². The van der Waals surface area contributed by atoms with Gasteiger partial charge in [-0.1, -0.05) is 30.3 Å². The highest BCUT2D eigenvalue weighted by Crippen LogP contribution is 2.22. The topological polar surface area (TPSA) is 84.2 Å². The number of carbonyl (C=O) groups is 2. The smallest absolute Gasteiger partial charge is 0.312 e. The maximum absolute atomic E-state index is 13.8. The molecule has 0 aliphatic rings. The number of amides is 3. The molecule has 2 aromatic carbocycles. The second-order valence-corrected chi connectivity index (χ2v) is 5.65. The number of rotatable bonds is 5. The Morgan fingerprint density at radius 3 is 2.50 bits per heavy atom. The van der Waals surface area contributed by atoms with Crippen molar-refractivity contribution in [3.05, 3.63) is 65.0 Å². The molecule has 0 saturated carbocycles. The van der Waals surface area contributed by atoms with Crippen LogP contribution < -0.4 is 16.4 Å². The number of hydrogen-bond acceptors (Lipinski definition) is 2. The highest BCUT2D eigenvalue weighted by Gasteiger charge is 2.19. The van der Waals surface area contributed by atoms with Gasteiger partial charge in [0.2, 0.25) is 5.91 Å². The van der Waals surface area contributed by atoms with Crippen molar-refractivity contribution in [1.82, 2.24) is 5.32 Å². The summed E-state index contributed by atoms with van der Waals surface area (Å²) in [5, 5.41) is 5.09. The zero-order valence-electron chi connectivity index (χ0n) is 13.6. The third-order valence-electron chi connectivity index (χ3n) is 3.67. The molecule has 0 bridgehead atoms. The lowest BCUT2D eigenvalue weighted by Gasteiger charge is -2.19. The lowest BCUT2D eigenvalue weighted by molar-refractivity contribution is -0.116. The molecule has 0 spiro atoms. The van der Waals surface area contributed by atoms with Crippen molar-refractivity contribution in [2.75, 3.05) is 5.32 Å². The molecule has 2 aromatic rings. The summed E-state index contributed by atoms with van der Waals surface area (Å²) in [5.74, 6) is -0.918. The Bertz CT molecular complexity index is 762. The summed E-state index contributed by atoms with van der Waals surface area (Å²) in [4.78, 5) is 23.5. The monoisotopic (exact) mass is 329 g/mol. The van der Waals surface area contributed by atoms with Crippen LogP contribution in [0.15, 0.2) is 42.5 Å². The molecule has 1 unspecified atom stereocenters. The number of nitrogens with one attached hydrogen (secondary N) is 2. The van der Waals surface area contributed by atoms with Crippen molar-refractivity contribution in [1.29, 1.82) is 0 Å². The molecule has 0 aliphatic heterocycles. The Labute approximate surface area is 140 Å². The zero-order chi connectivity index (χ0) is 17.7. The summed E-state index contributed by atoms with van der Waals surface area (Å²) in [6.07, 6.45) is -0.0545. The Morgan fingerprint density at radius 2 is 1.88 bits per heavy atom. The average molecular weight is 329 g/mol. The molecule has 24 heavy (non-hydrogen) atoms. The number of urea groups is 1. The standard InChI is InChI=1S/C18H20FN3O2/c1-11-7-8-15(14(19)9-11)21-17(23)10-16(22-18(20)24)13-6-4-3-5-12(13)2/h3-9,16H,10H2,1-2H3,(H,21,23)(H3,20,22,24). The number of nitrogens with two attached hydrogens (primary N) is 1. The van der Waals surface area contributed by atoms with E-state index in [1.807, 2.05) is 31.2 Å². The van der Waals surface area contributed by atoms with Crippen LogP contribution in [0.25, 0.3) is 0 Å². The molecule has 0 heterocycles. The van der Waals surface area contributed by atoms with Gasteiger partial charge in [0, 0.05) is 0 Å². The van der Waals surface area contributed by atoms with Crippen molar-refractivity contribution in [2.45, 2.75) is 26.3 Å². The molecule has 6 heteroatoms. The predicted molar refractivity (Wildman–Crippen MR) is 91.0 cm³/mol. The molecule has 0 saturated heterocycles. The van der Waals surface area contributed by atoms with E-state index in [1.165, 1.54) is 12.1 Å². The number of primary amides is 1. The summed E-state index contributed by atoms with van der Waals surface area (Å²) in [6.45, 7) is 3.64. The van der Waals surface area contributed by atoms with Crippen molar-refractivity contribution in [3.63, 3.8) is 0 Å². The van der Waals surface area contributed by atoms with E-state index < -0.39 is 23.8 Å². The molecule has 5 nitrogen and oxygen atoms in total. The maximum Gasteiger partial charge on any atom is 0.312 e. The van der Waals surface area contributed by atoms with E-state index in [9.17, 15) is 14.0 Å². The Balaban J connectivity index is 2.15. The van der Waals surface area contributed by atoms with Gasteiger partial charge in [-0.05, 0) is 42.7 Å². The minimum absolute atomic E-state index is 0.0545. The fourth-order valence-electron chi connectivity index (χ4n) is 2.50. The van der Waals surface area contributed by atoms with Crippen molar-refractivity contribution < 1.29 is 14.0 Å². The van der Waals surface area contributed by atoms with Crippen molar-refractivity contribution in [2.24, 2.45) is 5.73 Å². The Morgan fingerprint density at radius 1 is 1.17 bits per heavy atom. The van der Waals surface area contributed by atoms with E-state index in [4.69, 9.17) is 5.73 Å². The summed E-state index contributed by atoms with van der Waals surface area (Å²) in [5.41, 5.74) is 7.79. The van der Waals surface area contributed by atoms with Crippen LogP contribution in [0.1, 0.15) is 29.2 Å². The lowest BCUT2D eigenvalue weighted by Crippen LogP contribution is -2.35. The van der Waals surface area contributed by atoms with Crippen LogP contribution in [0.5, 0.6) is 0 Å². The molecule has 4 N–H and O–H groups in total. The van der Waals surface area contributed by atoms with Crippen LogP contribution in [0.4, 0.5) is 14.9 Å². The van der Waals surface area contributed by atoms with E-state index in [0.29, 0.717) is 0 Å². The lowest BCUT2D eigenvalue weighted by atomic mass is 9.98. The first-order valence-electron chi connectivity index (χ1n) is 7.54. The van der Waals surface area contributed by atoms with Gasteiger partial charge < -0.3 is 16.4 Å². The van der Waals surface area contributed by atoms with Crippen LogP contribution >= 0.6 is 0 Å². The van der Waals surface area contributed by atoms with E-state index in [0.717, 1.165) is 16.7 Å². The minimum Gasteiger partial charge on any atom is -0.352 e. The third kappa shape index (κ3) is 4.55. The van der Waals surface area contributed by atoms with Gasteiger partial charge >= 0.3 is 6.03 Å². The SMILES string of the molecule is Cc1ccc(NC(=O)CC(NC(N)=O)c2ccccc2C)c(F)c1. The number of hydrogen-bond donors (Lipinski definition) is 3. The highest BCUT2D eigenvalue weighted by molar-refractivity contribution is 5.91. The minimum atomic E-state index is -0.724. The maximum atomic E-state index is 13.8. The number of carbonyl (C=O) groups excluding carboxylic acids is 2. The molecular formula is C18H20FN3O2. The van der Waals surface area contributed by atoms with Crippen LogP contribution in [-0.4, -0.2) is 11.9 Å². The largest absolute Gasteiger partial charge is 0.352 e. The summed E-state index contributed by atoms with van der Waals surface area (Å²) < 4.78 is 13.8. The molecule has 0 radical (unpaired) electrons. The van der Waals surface area contributed by atoms with Gasteiger partial charge in [-0.3, -0.25) is 4.79 Å². The van der Waals surface area contributed by atoms with Crippen molar-refractivity contribution >= 4 is 17.6 Å². The van der Waals surface area contributed by atoms with E-state index in [-0.39, 0.29) is 12.1 Å². The van der Waals surface area contributed by atoms with Crippen molar-refractivity contribution in [3.8, 4) is 0 Å². The second kappa shape index (κ2) is 7.59. The molecule has 0 aliphatic carbocycles. The number of anilines is 1. The van der Waals surface area contributed by atoms with Gasteiger partial charge in [-0.2, -0.15) is 0 Å². The van der Waals surface area contributed by atoms with E-state index >= 15 is 0 Å². The Hall–Kier alpha value is -2.89. The molecule has 2 rings (SSSR count). The van der Waals surface area contributed by atoms with Crippen LogP contribution in [0.3, 0.4) is 0 Å². The second-order valence-electron chi connectivity index (χ2n) is 5.65. The molecule has 1 atom stereocenters. The quantitative estimate of drug-likeness (QED) is 0.787. The van der Waals surface area contributed by atoms with Gasteiger partial charge in [-0.25, -0.2) is 9.18 Å².